The molecule has 0 aromatic heterocycles. The lowest BCUT2D eigenvalue weighted by atomic mass is 9.71. The Labute approximate surface area is 74.9 Å². The standard InChI is InChI=1S/C11H18O/c1-4-11(2,3)9-6-5-7-10(12)8-9/h5,7,9H,4,6,8H2,1-3H3. The fourth-order valence-electron chi connectivity index (χ4n) is 1.64. The van der Waals surface area contributed by atoms with Gasteiger partial charge in [-0.05, 0) is 23.8 Å². The fourth-order valence-corrected chi connectivity index (χ4v) is 1.64. The van der Waals surface area contributed by atoms with Crippen LogP contribution in [0.5, 0.6) is 0 Å². The number of allylic oxidation sites excluding steroid dienone is 2. The number of rotatable bonds is 2. The van der Waals surface area contributed by atoms with Crippen LogP contribution < -0.4 is 0 Å². The Hall–Kier alpha value is -0.590. The van der Waals surface area contributed by atoms with Gasteiger partial charge in [-0.1, -0.05) is 33.3 Å². The Morgan fingerprint density at radius 3 is 2.75 bits per heavy atom. The van der Waals surface area contributed by atoms with Crippen molar-refractivity contribution in [3.05, 3.63) is 12.2 Å². The molecule has 0 spiro atoms. The first-order chi connectivity index (χ1) is 5.56. The monoisotopic (exact) mass is 166 g/mol. The number of carbonyl (C=O) groups is 1. The van der Waals surface area contributed by atoms with Gasteiger partial charge in [-0.2, -0.15) is 0 Å². The molecule has 1 nitrogen and oxygen atoms in total. The molecule has 0 aliphatic heterocycles. The van der Waals surface area contributed by atoms with E-state index in [0.29, 0.717) is 17.1 Å². The minimum Gasteiger partial charge on any atom is -0.295 e. The fraction of sp³-hybridized carbons (Fsp3) is 0.727. The number of ketones is 1. The molecule has 68 valence electrons. The lowest BCUT2D eigenvalue weighted by Gasteiger charge is -2.33. The minimum atomic E-state index is 0.299. The van der Waals surface area contributed by atoms with Gasteiger partial charge in [0.15, 0.2) is 5.78 Å². The predicted molar refractivity (Wildman–Crippen MR) is 50.9 cm³/mol. The molecule has 0 aromatic rings. The molecular weight excluding hydrogens is 148 g/mol. The van der Waals surface area contributed by atoms with E-state index in [1.807, 2.05) is 6.08 Å². The summed E-state index contributed by atoms with van der Waals surface area (Å²) in [5.41, 5.74) is 0.320. The van der Waals surface area contributed by atoms with E-state index in [-0.39, 0.29) is 0 Å². The van der Waals surface area contributed by atoms with Gasteiger partial charge in [0, 0.05) is 6.42 Å². The Kier molecular flexibility index (Phi) is 2.71. The van der Waals surface area contributed by atoms with E-state index in [4.69, 9.17) is 0 Å². The van der Waals surface area contributed by atoms with Crippen molar-refractivity contribution in [3.63, 3.8) is 0 Å². The van der Waals surface area contributed by atoms with Crippen LogP contribution in [0.2, 0.25) is 0 Å². The summed E-state index contributed by atoms with van der Waals surface area (Å²) in [6, 6.07) is 0. The maximum absolute atomic E-state index is 11.1. The first-order valence-corrected chi connectivity index (χ1v) is 4.75. The molecule has 12 heavy (non-hydrogen) atoms. The first-order valence-electron chi connectivity index (χ1n) is 4.75. The molecule has 1 heteroatoms. The van der Waals surface area contributed by atoms with Gasteiger partial charge < -0.3 is 0 Å². The van der Waals surface area contributed by atoms with Crippen LogP contribution in [0.25, 0.3) is 0 Å². The maximum Gasteiger partial charge on any atom is 0.155 e. The quantitative estimate of drug-likeness (QED) is 0.616. The summed E-state index contributed by atoms with van der Waals surface area (Å²) in [5, 5.41) is 0. The molecule has 1 aliphatic rings. The molecule has 1 atom stereocenters. The van der Waals surface area contributed by atoms with Gasteiger partial charge in [0.2, 0.25) is 0 Å². The number of carbonyl (C=O) groups excluding carboxylic acids is 1. The number of hydrogen-bond acceptors (Lipinski definition) is 1. The highest BCUT2D eigenvalue weighted by Crippen LogP contribution is 2.37. The van der Waals surface area contributed by atoms with Gasteiger partial charge in [-0.15, -0.1) is 0 Å². The molecule has 1 aliphatic carbocycles. The van der Waals surface area contributed by atoms with E-state index in [9.17, 15) is 4.79 Å². The predicted octanol–water partition coefficient (Wildman–Crippen LogP) is 2.96. The second kappa shape index (κ2) is 3.42. The molecule has 0 heterocycles. The second-order valence-corrected chi connectivity index (χ2v) is 4.35. The van der Waals surface area contributed by atoms with Crippen molar-refractivity contribution >= 4 is 5.78 Å². The SMILES string of the molecule is CCC(C)(C)C1CC=CC(=O)C1. The van der Waals surface area contributed by atoms with Crippen LogP contribution in [0.3, 0.4) is 0 Å². The Morgan fingerprint density at radius 2 is 2.25 bits per heavy atom. The molecule has 0 fully saturated rings. The molecule has 0 saturated heterocycles. The molecule has 0 N–H and O–H groups in total. The van der Waals surface area contributed by atoms with Gasteiger partial charge in [0.25, 0.3) is 0 Å². The highest BCUT2D eigenvalue weighted by Gasteiger charge is 2.29. The lowest BCUT2D eigenvalue weighted by molar-refractivity contribution is -0.116. The maximum atomic E-state index is 11.1. The van der Waals surface area contributed by atoms with Gasteiger partial charge in [0.05, 0.1) is 0 Å². The third-order valence-electron chi connectivity index (χ3n) is 3.19. The summed E-state index contributed by atoms with van der Waals surface area (Å²) >= 11 is 0. The molecule has 0 aromatic carbocycles. The lowest BCUT2D eigenvalue weighted by Crippen LogP contribution is -2.26. The smallest absolute Gasteiger partial charge is 0.155 e. The van der Waals surface area contributed by atoms with Gasteiger partial charge >= 0.3 is 0 Å². The summed E-state index contributed by atoms with van der Waals surface area (Å²) in [4.78, 5) is 11.1. The Morgan fingerprint density at radius 1 is 1.58 bits per heavy atom. The second-order valence-electron chi connectivity index (χ2n) is 4.35. The number of hydrogen-bond donors (Lipinski definition) is 0. The van der Waals surface area contributed by atoms with Gasteiger partial charge in [0.1, 0.15) is 0 Å². The van der Waals surface area contributed by atoms with Crippen molar-refractivity contribution in [3.8, 4) is 0 Å². The molecule has 1 rings (SSSR count). The van der Waals surface area contributed by atoms with Crippen molar-refractivity contribution in [2.24, 2.45) is 11.3 Å². The normalized spacial score (nSPS) is 24.6. The zero-order chi connectivity index (χ0) is 9.19. The zero-order valence-corrected chi connectivity index (χ0v) is 8.26. The van der Waals surface area contributed by atoms with Crippen LogP contribution in [0.1, 0.15) is 40.0 Å². The molecule has 0 bridgehead atoms. The summed E-state index contributed by atoms with van der Waals surface area (Å²) in [6.45, 7) is 6.71. The Bertz CT molecular complexity index is 201. The zero-order valence-electron chi connectivity index (χ0n) is 8.26. The minimum absolute atomic E-state index is 0.299. The third kappa shape index (κ3) is 1.96. The van der Waals surface area contributed by atoms with E-state index in [1.54, 1.807) is 6.08 Å². The van der Waals surface area contributed by atoms with Crippen LogP contribution in [0.15, 0.2) is 12.2 Å². The van der Waals surface area contributed by atoms with Crippen molar-refractivity contribution in [2.45, 2.75) is 40.0 Å². The van der Waals surface area contributed by atoms with Crippen molar-refractivity contribution in [2.75, 3.05) is 0 Å². The molecule has 0 amide bonds. The van der Waals surface area contributed by atoms with Crippen molar-refractivity contribution < 1.29 is 4.79 Å². The average molecular weight is 166 g/mol. The van der Waals surface area contributed by atoms with Crippen LogP contribution in [-0.4, -0.2) is 5.78 Å². The highest BCUT2D eigenvalue weighted by molar-refractivity contribution is 5.90. The topological polar surface area (TPSA) is 17.1 Å². The van der Waals surface area contributed by atoms with E-state index in [0.717, 1.165) is 19.3 Å². The van der Waals surface area contributed by atoms with E-state index in [2.05, 4.69) is 20.8 Å². The van der Waals surface area contributed by atoms with Crippen LogP contribution in [-0.2, 0) is 4.79 Å². The summed E-state index contributed by atoms with van der Waals surface area (Å²) in [6.07, 6.45) is 6.72. The largest absolute Gasteiger partial charge is 0.295 e. The molecule has 0 radical (unpaired) electrons. The highest BCUT2D eigenvalue weighted by atomic mass is 16.1. The van der Waals surface area contributed by atoms with Crippen LogP contribution in [0, 0.1) is 11.3 Å². The van der Waals surface area contributed by atoms with E-state index < -0.39 is 0 Å². The van der Waals surface area contributed by atoms with E-state index >= 15 is 0 Å². The van der Waals surface area contributed by atoms with Gasteiger partial charge in [-0.25, -0.2) is 0 Å². The molecule has 0 saturated carbocycles. The molecule has 1 unspecified atom stereocenters. The third-order valence-corrected chi connectivity index (χ3v) is 3.19. The first kappa shape index (κ1) is 9.50. The van der Waals surface area contributed by atoms with Crippen molar-refractivity contribution in [1.29, 1.82) is 0 Å². The van der Waals surface area contributed by atoms with Gasteiger partial charge in [-0.3, -0.25) is 4.79 Å². The Balaban J connectivity index is 2.65. The summed E-state index contributed by atoms with van der Waals surface area (Å²) in [5.74, 6) is 0.854. The van der Waals surface area contributed by atoms with E-state index in [1.165, 1.54) is 0 Å². The molecular formula is C11H18O. The van der Waals surface area contributed by atoms with Crippen LogP contribution in [0.4, 0.5) is 0 Å². The van der Waals surface area contributed by atoms with Crippen molar-refractivity contribution in [1.82, 2.24) is 0 Å². The van der Waals surface area contributed by atoms with Crippen LogP contribution >= 0.6 is 0 Å². The summed E-state index contributed by atoms with van der Waals surface area (Å²) < 4.78 is 0. The average Bonchev–Trinajstić information content (AvgIpc) is 2.05. The summed E-state index contributed by atoms with van der Waals surface area (Å²) in [7, 11) is 0.